The van der Waals surface area contributed by atoms with Gasteiger partial charge in [-0.2, -0.15) is 0 Å². The van der Waals surface area contributed by atoms with Gasteiger partial charge in [0.25, 0.3) is 11.8 Å². The number of para-hydroxylation sites is 3. The molecule has 0 aliphatic heterocycles. The van der Waals surface area contributed by atoms with Crippen molar-refractivity contribution >= 4 is 34.1 Å². The number of ether oxygens (including phenoxy) is 1. The Hall–Kier alpha value is -4.19. The Labute approximate surface area is 192 Å². The second-order valence-electron chi connectivity index (χ2n) is 7.95. The second-order valence-corrected chi connectivity index (χ2v) is 7.95. The third kappa shape index (κ3) is 4.85. The molecule has 0 aliphatic rings. The van der Waals surface area contributed by atoms with E-state index in [0.29, 0.717) is 28.3 Å². The molecule has 0 saturated carbocycles. The highest BCUT2D eigenvalue weighted by Gasteiger charge is 2.15. The quantitative estimate of drug-likeness (QED) is 0.394. The molecule has 0 unspecified atom stereocenters. The number of nitrogens with zero attached hydrogens (tertiary/aromatic N) is 1. The van der Waals surface area contributed by atoms with Crippen molar-refractivity contribution in [1.82, 2.24) is 4.98 Å². The Morgan fingerprint density at radius 1 is 0.848 bits per heavy atom. The summed E-state index contributed by atoms with van der Waals surface area (Å²) in [7, 11) is 1.55. The van der Waals surface area contributed by atoms with Crippen LogP contribution in [0.25, 0.3) is 10.9 Å². The molecule has 0 aliphatic carbocycles. The Morgan fingerprint density at radius 3 is 2.27 bits per heavy atom. The lowest BCUT2D eigenvalue weighted by Crippen LogP contribution is -2.15. The number of aromatic nitrogens is 1. The van der Waals surface area contributed by atoms with Gasteiger partial charge in [-0.05, 0) is 54.4 Å². The predicted octanol–water partition coefficient (Wildman–Crippen LogP) is 5.87. The van der Waals surface area contributed by atoms with Gasteiger partial charge >= 0.3 is 0 Å². The van der Waals surface area contributed by atoms with Crippen molar-refractivity contribution in [2.24, 2.45) is 0 Å². The summed E-state index contributed by atoms with van der Waals surface area (Å²) in [6.45, 7) is 4.10. The van der Waals surface area contributed by atoms with E-state index in [-0.39, 0.29) is 17.7 Å². The summed E-state index contributed by atoms with van der Waals surface area (Å²) in [5, 5.41) is 6.57. The van der Waals surface area contributed by atoms with Crippen molar-refractivity contribution < 1.29 is 14.3 Å². The first kappa shape index (κ1) is 22.0. The van der Waals surface area contributed by atoms with Crippen LogP contribution in [0.2, 0.25) is 0 Å². The van der Waals surface area contributed by atoms with Crippen molar-refractivity contribution in [2.45, 2.75) is 19.8 Å². The first-order valence-corrected chi connectivity index (χ1v) is 10.7. The van der Waals surface area contributed by atoms with E-state index in [0.717, 1.165) is 16.6 Å². The monoisotopic (exact) mass is 439 g/mol. The number of anilines is 2. The minimum Gasteiger partial charge on any atom is -0.495 e. The number of pyridine rings is 1. The van der Waals surface area contributed by atoms with Crippen LogP contribution < -0.4 is 15.4 Å². The molecule has 4 rings (SSSR count). The molecule has 0 atom stereocenters. The van der Waals surface area contributed by atoms with E-state index in [1.54, 1.807) is 43.5 Å². The van der Waals surface area contributed by atoms with Crippen LogP contribution in [0, 0.1) is 0 Å². The van der Waals surface area contributed by atoms with E-state index >= 15 is 0 Å². The average molecular weight is 440 g/mol. The summed E-state index contributed by atoms with van der Waals surface area (Å²) in [4.78, 5) is 30.4. The molecular weight excluding hydrogens is 414 g/mol. The minimum absolute atomic E-state index is 0.196. The molecule has 1 heterocycles. The van der Waals surface area contributed by atoms with Gasteiger partial charge in [-0.3, -0.25) is 14.6 Å². The molecule has 166 valence electrons. The summed E-state index contributed by atoms with van der Waals surface area (Å²) in [6, 6.07) is 23.4. The smallest absolute Gasteiger partial charge is 0.256 e. The van der Waals surface area contributed by atoms with Gasteiger partial charge in [0.1, 0.15) is 5.75 Å². The Balaban J connectivity index is 1.53. The third-order valence-corrected chi connectivity index (χ3v) is 5.33. The summed E-state index contributed by atoms with van der Waals surface area (Å²) < 4.78 is 5.27. The number of benzene rings is 3. The van der Waals surface area contributed by atoms with Crippen LogP contribution >= 0.6 is 0 Å². The molecule has 3 aromatic carbocycles. The summed E-state index contributed by atoms with van der Waals surface area (Å²) >= 11 is 0. The number of hydrogen-bond acceptors (Lipinski definition) is 4. The van der Waals surface area contributed by atoms with Crippen molar-refractivity contribution in [2.75, 3.05) is 17.7 Å². The van der Waals surface area contributed by atoms with Gasteiger partial charge in [0.15, 0.2) is 0 Å². The van der Waals surface area contributed by atoms with Crippen LogP contribution in [0.5, 0.6) is 5.75 Å². The van der Waals surface area contributed by atoms with E-state index in [9.17, 15) is 9.59 Å². The molecule has 2 amide bonds. The fourth-order valence-electron chi connectivity index (χ4n) is 3.53. The number of nitrogens with one attached hydrogen (secondary N) is 2. The molecule has 1 aromatic heterocycles. The molecule has 6 nitrogen and oxygen atoms in total. The normalized spacial score (nSPS) is 10.8. The first-order valence-electron chi connectivity index (χ1n) is 10.7. The van der Waals surface area contributed by atoms with Gasteiger partial charge in [0, 0.05) is 22.3 Å². The van der Waals surface area contributed by atoms with Crippen molar-refractivity contribution in [3.8, 4) is 5.75 Å². The van der Waals surface area contributed by atoms with Gasteiger partial charge < -0.3 is 15.4 Å². The van der Waals surface area contributed by atoms with Gasteiger partial charge in [0.05, 0.1) is 23.9 Å². The van der Waals surface area contributed by atoms with Gasteiger partial charge in [0.2, 0.25) is 0 Å². The minimum atomic E-state index is -0.265. The van der Waals surface area contributed by atoms with Gasteiger partial charge in [-0.25, -0.2) is 0 Å². The fourth-order valence-corrected chi connectivity index (χ4v) is 3.53. The number of methoxy groups -OCH3 is 1. The Morgan fingerprint density at radius 2 is 1.55 bits per heavy atom. The first-order chi connectivity index (χ1) is 16.0. The molecular formula is C27H25N3O3. The highest BCUT2D eigenvalue weighted by molar-refractivity contribution is 6.12. The predicted molar refractivity (Wildman–Crippen MR) is 131 cm³/mol. The van der Waals surface area contributed by atoms with E-state index in [4.69, 9.17) is 4.74 Å². The zero-order valence-electron chi connectivity index (χ0n) is 18.8. The average Bonchev–Trinajstić information content (AvgIpc) is 2.84. The number of fused-ring (bicyclic) bond motifs is 1. The van der Waals surface area contributed by atoms with Crippen LogP contribution in [0.1, 0.15) is 46.2 Å². The fraction of sp³-hybridized carbons (Fsp3) is 0.148. The summed E-state index contributed by atoms with van der Waals surface area (Å²) in [5.74, 6) is 0.295. The van der Waals surface area contributed by atoms with Crippen molar-refractivity contribution in [3.05, 3.63) is 95.7 Å². The highest BCUT2D eigenvalue weighted by atomic mass is 16.5. The summed E-state index contributed by atoms with van der Waals surface area (Å²) in [6.07, 6.45) is 0. The molecule has 6 heteroatoms. The molecule has 0 spiro atoms. The Kier molecular flexibility index (Phi) is 6.36. The van der Waals surface area contributed by atoms with Crippen molar-refractivity contribution in [1.29, 1.82) is 0 Å². The molecule has 2 N–H and O–H groups in total. The standard InChI is InChI=1S/C27H25N3O3/c1-17(2)24-16-21(20-8-4-5-9-22(20)29-24)27(32)28-19-14-12-18(13-15-19)26(31)30-23-10-6-7-11-25(23)33-3/h4-17H,1-3H3,(H,28,32)(H,30,31). The molecule has 4 aromatic rings. The maximum Gasteiger partial charge on any atom is 0.256 e. The van der Waals surface area contributed by atoms with Crippen LogP contribution in [-0.4, -0.2) is 23.9 Å². The zero-order valence-corrected chi connectivity index (χ0v) is 18.8. The molecule has 0 radical (unpaired) electrons. The largest absolute Gasteiger partial charge is 0.495 e. The zero-order chi connectivity index (χ0) is 23.4. The maximum atomic E-state index is 13.1. The van der Waals surface area contributed by atoms with Crippen LogP contribution in [0.3, 0.4) is 0 Å². The lowest BCUT2D eigenvalue weighted by atomic mass is 10.0. The molecule has 0 bridgehead atoms. The third-order valence-electron chi connectivity index (χ3n) is 5.33. The number of amides is 2. The highest BCUT2D eigenvalue weighted by Crippen LogP contribution is 2.25. The molecule has 0 fully saturated rings. The number of rotatable bonds is 6. The number of carbonyl (C=O) groups excluding carboxylic acids is 2. The van der Waals surface area contributed by atoms with E-state index < -0.39 is 0 Å². The van der Waals surface area contributed by atoms with Crippen LogP contribution in [0.15, 0.2) is 78.9 Å². The number of hydrogen-bond donors (Lipinski definition) is 2. The van der Waals surface area contributed by atoms with Crippen LogP contribution in [-0.2, 0) is 0 Å². The van der Waals surface area contributed by atoms with E-state index in [2.05, 4.69) is 15.6 Å². The summed E-state index contributed by atoms with van der Waals surface area (Å²) in [5.41, 5.74) is 3.88. The van der Waals surface area contributed by atoms with Gasteiger partial charge in [-0.1, -0.05) is 44.2 Å². The molecule has 0 saturated heterocycles. The van der Waals surface area contributed by atoms with Crippen LogP contribution in [0.4, 0.5) is 11.4 Å². The van der Waals surface area contributed by atoms with Gasteiger partial charge in [-0.15, -0.1) is 0 Å². The van der Waals surface area contributed by atoms with E-state index in [1.165, 1.54) is 0 Å². The lowest BCUT2D eigenvalue weighted by molar-refractivity contribution is 0.102. The van der Waals surface area contributed by atoms with E-state index in [1.807, 2.05) is 56.3 Å². The molecule has 33 heavy (non-hydrogen) atoms. The SMILES string of the molecule is COc1ccccc1NC(=O)c1ccc(NC(=O)c2cc(C(C)C)nc3ccccc23)cc1. The Bertz CT molecular complexity index is 1310. The topological polar surface area (TPSA) is 80.3 Å². The van der Waals surface area contributed by atoms with Crippen molar-refractivity contribution in [3.63, 3.8) is 0 Å². The number of carbonyl (C=O) groups is 2. The maximum absolute atomic E-state index is 13.1. The lowest BCUT2D eigenvalue weighted by Gasteiger charge is -2.13. The second kappa shape index (κ2) is 9.53.